The van der Waals surface area contributed by atoms with Gasteiger partial charge >= 0.3 is 0 Å². The Hall–Kier alpha value is -0.390. The fraction of sp³-hybridized carbons (Fsp3) is 0.750. The van der Waals surface area contributed by atoms with E-state index in [4.69, 9.17) is 5.73 Å². The van der Waals surface area contributed by atoms with Gasteiger partial charge in [-0.1, -0.05) is 11.6 Å². The van der Waals surface area contributed by atoms with Gasteiger partial charge in [0.25, 0.3) is 0 Å². The van der Waals surface area contributed by atoms with Crippen LogP contribution in [0.2, 0.25) is 0 Å². The molecule has 0 fully saturated rings. The normalized spacial score (nSPS) is 20.0. The molecule has 0 aliphatic carbocycles. The summed E-state index contributed by atoms with van der Waals surface area (Å²) in [5, 5.41) is 0. The smallest absolute Gasteiger partial charge is 0.215 e. The predicted molar refractivity (Wildman–Crippen MR) is 52.8 cm³/mol. The van der Waals surface area contributed by atoms with Crippen LogP contribution in [0.25, 0.3) is 0 Å². The Balaban J connectivity index is 2.64. The molecule has 76 valence electrons. The monoisotopic (exact) mass is 204 g/mol. The largest absolute Gasteiger partial charge is 0.329 e. The number of hydrogen-bond donors (Lipinski definition) is 1. The third-order valence-electron chi connectivity index (χ3n) is 2.17. The van der Waals surface area contributed by atoms with E-state index in [1.807, 2.05) is 13.0 Å². The van der Waals surface area contributed by atoms with Crippen molar-refractivity contribution >= 4 is 10.0 Å². The summed E-state index contributed by atoms with van der Waals surface area (Å²) in [6.07, 6.45) is 2.79. The lowest BCUT2D eigenvalue weighted by molar-refractivity contribution is 0.431. The first-order chi connectivity index (χ1) is 6.06. The summed E-state index contributed by atoms with van der Waals surface area (Å²) in [5.41, 5.74) is 6.49. The van der Waals surface area contributed by atoms with Crippen molar-refractivity contribution in [2.45, 2.75) is 13.3 Å². The third-order valence-corrected chi connectivity index (χ3v) is 4.04. The summed E-state index contributed by atoms with van der Waals surface area (Å²) in [7, 11) is -3.09. The highest BCUT2D eigenvalue weighted by molar-refractivity contribution is 7.89. The molecule has 0 bridgehead atoms. The van der Waals surface area contributed by atoms with Crippen molar-refractivity contribution < 1.29 is 8.42 Å². The van der Waals surface area contributed by atoms with Gasteiger partial charge in [0.1, 0.15) is 0 Å². The highest BCUT2D eigenvalue weighted by Gasteiger charge is 2.21. The second-order valence-corrected chi connectivity index (χ2v) is 5.35. The molecule has 1 aliphatic rings. The van der Waals surface area contributed by atoms with Crippen LogP contribution in [0.1, 0.15) is 13.3 Å². The van der Waals surface area contributed by atoms with Gasteiger partial charge in [-0.2, -0.15) is 4.31 Å². The highest BCUT2D eigenvalue weighted by Crippen LogP contribution is 2.12. The van der Waals surface area contributed by atoms with Gasteiger partial charge in [0.2, 0.25) is 10.0 Å². The predicted octanol–water partition coefficient (Wildman–Crippen LogP) is -0.0731. The van der Waals surface area contributed by atoms with Crippen molar-refractivity contribution in [3.63, 3.8) is 0 Å². The van der Waals surface area contributed by atoms with Crippen LogP contribution in [0.5, 0.6) is 0 Å². The zero-order valence-electron chi connectivity index (χ0n) is 7.86. The van der Waals surface area contributed by atoms with E-state index in [0.717, 1.165) is 6.42 Å². The Morgan fingerprint density at radius 1 is 1.62 bits per heavy atom. The molecule has 5 heteroatoms. The molecule has 1 heterocycles. The van der Waals surface area contributed by atoms with Crippen LogP contribution in [0.15, 0.2) is 11.6 Å². The number of nitrogens with zero attached hydrogens (tertiary/aromatic N) is 1. The van der Waals surface area contributed by atoms with Crippen molar-refractivity contribution in [2.24, 2.45) is 5.73 Å². The Kier molecular flexibility index (Phi) is 3.47. The second kappa shape index (κ2) is 4.21. The van der Waals surface area contributed by atoms with Gasteiger partial charge in [0, 0.05) is 19.6 Å². The van der Waals surface area contributed by atoms with E-state index in [2.05, 4.69) is 0 Å². The average molecular weight is 204 g/mol. The van der Waals surface area contributed by atoms with Crippen LogP contribution in [-0.4, -0.2) is 38.1 Å². The molecule has 0 radical (unpaired) electrons. The second-order valence-electron chi connectivity index (χ2n) is 3.26. The Bertz CT molecular complexity index is 295. The van der Waals surface area contributed by atoms with Crippen molar-refractivity contribution in [1.82, 2.24) is 4.31 Å². The van der Waals surface area contributed by atoms with E-state index in [0.29, 0.717) is 13.1 Å². The lowest BCUT2D eigenvalue weighted by Gasteiger charge is -2.24. The minimum atomic E-state index is -3.09. The van der Waals surface area contributed by atoms with E-state index in [1.54, 1.807) is 0 Å². The maximum Gasteiger partial charge on any atom is 0.215 e. The summed E-state index contributed by atoms with van der Waals surface area (Å²) in [5.74, 6) is 0.0554. The van der Waals surface area contributed by atoms with Crippen molar-refractivity contribution in [2.75, 3.05) is 25.4 Å². The average Bonchev–Trinajstić information content (AvgIpc) is 2.05. The lowest BCUT2D eigenvalue weighted by atomic mass is 10.1. The van der Waals surface area contributed by atoms with Gasteiger partial charge in [0.15, 0.2) is 0 Å². The zero-order chi connectivity index (χ0) is 9.90. The van der Waals surface area contributed by atoms with E-state index in [1.165, 1.54) is 9.88 Å². The van der Waals surface area contributed by atoms with Crippen molar-refractivity contribution in [1.29, 1.82) is 0 Å². The van der Waals surface area contributed by atoms with Crippen LogP contribution in [-0.2, 0) is 10.0 Å². The van der Waals surface area contributed by atoms with Gasteiger partial charge in [-0.15, -0.1) is 0 Å². The summed E-state index contributed by atoms with van der Waals surface area (Å²) >= 11 is 0. The number of nitrogens with two attached hydrogens (primary N) is 1. The van der Waals surface area contributed by atoms with Gasteiger partial charge in [-0.3, -0.25) is 0 Å². The van der Waals surface area contributed by atoms with Crippen molar-refractivity contribution in [3.05, 3.63) is 11.6 Å². The van der Waals surface area contributed by atoms with Crippen molar-refractivity contribution in [3.8, 4) is 0 Å². The molecule has 0 aromatic rings. The maximum absolute atomic E-state index is 11.5. The van der Waals surface area contributed by atoms with Crippen LogP contribution in [0.3, 0.4) is 0 Å². The molecule has 1 aliphatic heterocycles. The molecule has 0 aromatic carbocycles. The van der Waals surface area contributed by atoms with Gasteiger partial charge < -0.3 is 5.73 Å². The Labute approximate surface area is 79.5 Å². The van der Waals surface area contributed by atoms with Gasteiger partial charge in [0.05, 0.1) is 5.75 Å². The number of sulfonamides is 1. The molecule has 0 unspecified atom stereocenters. The fourth-order valence-corrected chi connectivity index (χ4v) is 2.51. The Morgan fingerprint density at radius 2 is 2.31 bits per heavy atom. The molecule has 0 spiro atoms. The Morgan fingerprint density at radius 3 is 2.77 bits per heavy atom. The first-order valence-corrected chi connectivity index (χ1v) is 6.00. The van der Waals surface area contributed by atoms with E-state index >= 15 is 0 Å². The zero-order valence-corrected chi connectivity index (χ0v) is 8.68. The summed E-state index contributed by atoms with van der Waals surface area (Å²) in [4.78, 5) is 0. The standard InChI is InChI=1S/C8H16N2O2S/c1-8-2-5-10(6-3-8)13(11,12)7-4-9/h2H,3-7,9H2,1H3. The van der Waals surface area contributed by atoms with Crippen LogP contribution >= 0.6 is 0 Å². The molecule has 4 nitrogen and oxygen atoms in total. The quantitative estimate of drug-likeness (QED) is 0.654. The first kappa shape index (κ1) is 10.7. The van der Waals surface area contributed by atoms with Crippen LogP contribution in [0.4, 0.5) is 0 Å². The molecular weight excluding hydrogens is 188 g/mol. The van der Waals surface area contributed by atoms with Gasteiger partial charge in [-0.25, -0.2) is 8.42 Å². The molecular formula is C8H16N2O2S. The summed E-state index contributed by atoms with van der Waals surface area (Å²) < 4.78 is 24.5. The summed E-state index contributed by atoms with van der Waals surface area (Å²) in [6, 6.07) is 0. The minimum Gasteiger partial charge on any atom is -0.329 e. The van der Waals surface area contributed by atoms with Crippen LogP contribution < -0.4 is 5.73 Å². The van der Waals surface area contributed by atoms with Crippen LogP contribution in [0, 0.1) is 0 Å². The molecule has 13 heavy (non-hydrogen) atoms. The number of rotatable bonds is 3. The van der Waals surface area contributed by atoms with E-state index in [9.17, 15) is 8.42 Å². The molecule has 0 saturated heterocycles. The van der Waals surface area contributed by atoms with Gasteiger partial charge in [-0.05, 0) is 13.3 Å². The van der Waals surface area contributed by atoms with E-state index < -0.39 is 10.0 Å². The molecule has 0 saturated carbocycles. The molecule has 1 rings (SSSR count). The topological polar surface area (TPSA) is 63.4 Å². The van der Waals surface area contributed by atoms with E-state index in [-0.39, 0.29) is 12.3 Å². The minimum absolute atomic E-state index is 0.0554. The SMILES string of the molecule is CC1=CCN(S(=O)(=O)CCN)CC1. The number of hydrogen-bond acceptors (Lipinski definition) is 3. The molecule has 0 amide bonds. The molecule has 0 aromatic heterocycles. The maximum atomic E-state index is 11.5. The molecule has 2 N–H and O–H groups in total. The first-order valence-electron chi connectivity index (χ1n) is 4.40. The highest BCUT2D eigenvalue weighted by atomic mass is 32.2. The fourth-order valence-electron chi connectivity index (χ4n) is 1.28. The third kappa shape index (κ3) is 2.79. The summed E-state index contributed by atoms with van der Waals surface area (Å²) in [6.45, 7) is 3.33. The molecule has 0 atom stereocenters. The lowest BCUT2D eigenvalue weighted by Crippen LogP contribution is -2.37.